The highest BCUT2D eigenvalue weighted by Crippen LogP contribution is 2.21. The Bertz CT molecular complexity index is 917. The van der Waals surface area contributed by atoms with E-state index in [4.69, 9.17) is 8.94 Å². The summed E-state index contributed by atoms with van der Waals surface area (Å²) in [6, 6.07) is 11.4. The summed E-state index contributed by atoms with van der Waals surface area (Å²) in [4.78, 5) is 16.5. The standard InChI is InChI=1S/C20H21FN4O3/c21-15-3-1-4-16(11-15)22-20(26)14-25-8-6-24(7-9-25)13-17-12-19(28-23-17)18-5-2-10-27-18/h1-5,10-12H,6-9,13-14H2,(H,22,26). The monoisotopic (exact) mass is 384 g/mol. The van der Waals surface area contributed by atoms with Gasteiger partial charge >= 0.3 is 0 Å². The van der Waals surface area contributed by atoms with Gasteiger partial charge in [-0.25, -0.2) is 4.39 Å². The van der Waals surface area contributed by atoms with E-state index < -0.39 is 0 Å². The molecule has 1 saturated heterocycles. The predicted molar refractivity (Wildman–Crippen MR) is 101 cm³/mol. The predicted octanol–water partition coefficient (Wildman–Crippen LogP) is 2.83. The van der Waals surface area contributed by atoms with Crippen LogP contribution in [-0.4, -0.2) is 53.6 Å². The van der Waals surface area contributed by atoms with E-state index in [-0.39, 0.29) is 18.3 Å². The molecule has 3 heterocycles. The maximum absolute atomic E-state index is 13.2. The van der Waals surface area contributed by atoms with E-state index in [0.717, 1.165) is 31.9 Å². The van der Waals surface area contributed by atoms with Crippen molar-refractivity contribution in [1.82, 2.24) is 15.0 Å². The Labute approximate surface area is 161 Å². The quantitative estimate of drug-likeness (QED) is 0.704. The molecule has 28 heavy (non-hydrogen) atoms. The third kappa shape index (κ3) is 4.65. The van der Waals surface area contributed by atoms with Crippen LogP contribution in [0.5, 0.6) is 0 Å². The molecular formula is C20H21FN4O3. The molecule has 0 spiro atoms. The fourth-order valence-electron chi connectivity index (χ4n) is 3.23. The first-order chi connectivity index (χ1) is 13.7. The summed E-state index contributed by atoms with van der Waals surface area (Å²) in [5.74, 6) is 0.772. The van der Waals surface area contributed by atoms with Gasteiger partial charge in [0.25, 0.3) is 0 Å². The number of anilines is 1. The first-order valence-corrected chi connectivity index (χ1v) is 9.15. The van der Waals surface area contributed by atoms with Crippen LogP contribution >= 0.6 is 0 Å². The molecule has 2 aromatic heterocycles. The average molecular weight is 384 g/mol. The van der Waals surface area contributed by atoms with Crippen molar-refractivity contribution in [2.24, 2.45) is 0 Å². The van der Waals surface area contributed by atoms with Gasteiger partial charge in [0, 0.05) is 44.5 Å². The van der Waals surface area contributed by atoms with Crippen molar-refractivity contribution in [3.8, 4) is 11.5 Å². The topological polar surface area (TPSA) is 74.8 Å². The van der Waals surface area contributed by atoms with Gasteiger partial charge in [-0.2, -0.15) is 0 Å². The lowest BCUT2D eigenvalue weighted by Crippen LogP contribution is -2.48. The van der Waals surface area contributed by atoms with Gasteiger partial charge < -0.3 is 14.3 Å². The van der Waals surface area contributed by atoms with Crippen molar-refractivity contribution in [1.29, 1.82) is 0 Å². The van der Waals surface area contributed by atoms with Crippen LogP contribution < -0.4 is 5.32 Å². The lowest BCUT2D eigenvalue weighted by atomic mass is 10.2. The van der Waals surface area contributed by atoms with E-state index in [1.165, 1.54) is 12.1 Å². The molecular weight excluding hydrogens is 363 g/mol. The first kappa shape index (κ1) is 18.4. The summed E-state index contributed by atoms with van der Waals surface area (Å²) in [6.07, 6.45) is 1.60. The molecule has 0 bridgehead atoms. The van der Waals surface area contributed by atoms with E-state index in [1.54, 1.807) is 24.5 Å². The maximum Gasteiger partial charge on any atom is 0.238 e. The summed E-state index contributed by atoms with van der Waals surface area (Å²) >= 11 is 0. The second kappa shape index (κ2) is 8.37. The van der Waals surface area contributed by atoms with Crippen molar-refractivity contribution in [2.75, 3.05) is 38.0 Å². The number of piperazine rings is 1. The molecule has 0 saturated carbocycles. The van der Waals surface area contributed by atoms with Crippen LogP contribution in [-0.2, 0) is 11.3 Å². The SMILES string of the molecule is O=C(CN1CCN(Cc2cc(-c3ccco3)on2)CC1)Nc1cccc(F)c1. The van der Waals surface area contributed by atoms with Gasteiger partial charge in [-0.1, -0.05) is 11.2 Å². The number of benzene rings is 1. The number of hydrogen-bond acceptors (Lipinski definition) is 6. The Morgan fingerprint density at radius 2 is 1.89 bits per heavy atom. The number of amides is 1. The molecule has 4 rings (SSSR count). The normalized spacial score (nSPS) is 15.6. The van der Waals surface area contributed by atoms with Crippen LogP contribution in [0, 0.1) is 5.82 Å². The van der Waals surface area contributed by atoms with Crippen molar-refractivity contribution in [2.45, 2.75) is 6.54 Å². The van der Waals surface area contributed by atoms with Crippen molar-refractivity contribution in [3.05, 3.63) is 60.2 Å². The molecule has 1 aliphatic heterocycles. The third-order valence-corrected chi connectivity index (χ3v) is 4.65. The molecule has 8 heteroatoms. The molecule has 1 fully saturated rings. The van der Waals surface area contributed by atoms with Gasteiger partial charge in [0.1, 0.15) is 5.82 Å². The molecule has 1 aromatic carbocycles. The number of nitrogens with one attached hydrogen (secondary N) is 1. The Balaban J connectivity index is 1.23. The van der Waals surface area contributed by atoms with Crippen molar-refractivity contribution >= 4 is 11.6 Å². The van der Waals surface area contributed by atoms with Crippen LogP contribution in [0.3, 0.4) is 0 Å². The summed E-state index contributed by atoms with van der Waals surface area (Å²) in [5.41, 5.74) is 1.32. The number of nitrogens with zero attached hydrogens (tertiary/aromatic N) is 3. The smallest absolute Gasteiger partial charge is 0.238 e. The van der Waals surface area contributed by atoms with Crippen molar-refractivity contribution in [3.63, 3.8) is 0 Å². The molecule has 3 aromatic rings. The summed E-state index contributed by atoms with van der Waals surface area (Å²) < 4.78 is 23.8. The van der Waals surface area contributed by atoms with E-state index in [0.29, 0.717) is 23.8 Å². The summed E-state index contributed by atoms with van der Waals surface area (Å²) in [7, 11) is 0. The van der Waals surface area contributed by atoms with Crippen LogP contribution in [0.2, 0.25) is 0 Å². The molecule has 0 aliphatic carbocycles. The van der Waals surface area contributed by atoms with E-state index in [1.807, 2.05) is 12.1 Å². The number of halogens is 1. The van der Waals surface area contributed by atoms with Gasteiger partial charge in [-0.15, -0.1) is 0 Å². The Morgan fingerprint density at radius 1 is 1.07 bits per heavy atom. The van der Waals surface area contributed by atoms with Crippen LogP contribution in [0.4, 0.5) is 10.1 Å². The fraction of sp³-hybridized carbons (Fsp3) is 0.300. The lowest BCUT2D eigenvalue weighted by Gasteiger charge is -2.33. The molecule has 1 aliphatic rings. The molecule has 0 unspecified atom stereocenters. The zero-order valence-corrected chi connectivity index (χ0v) is 15.3. The van der Waals surface area contributed by atoms with Crippen LogP contribution in [0.1, 0.15) is 5.69 Å². The molecule has 0 radical (unpaired) electrons. The number of hydrogen-bond donors (Lipinski definition) is 1. The number of furan rings is 1. The molecule has 0 atom stereocenters. The maximum atomic E-state index is 13.2. The number of rotatable bonds is 6. The highest BCUT2D eigenvalue weighted by Gasteiger charge is 2.20. The first-order valence-electron chi connectivity index (χ1n) is 9.15. The van der Waals surface area contributed by atoms with E-state index in [2.05, 4.69) is 20.3 Å². The zero-order chi connectivity index (χ0) is 19.3. The van der Waals surface area contributed by atoms with E-state index in [9.17, 15) is 9.18 Å². The Hall–Kier alpha value is -2.97. The minimum Gasteiger partial charge on any atom is -0.461 e. The number of aromatic nitrogens is 1. The minimum absolute atomic E-state index is 0.140. The summed E-state index contributed by atoms with van der Waals surface area (Å²) in [5, 5.41) is 6.83. The summed E-state index contributed by atoms with van der Waals surface area (Å²) in [6.45, 7) is 4.19. The van der Waals surface area contributed by atoms with Crippen LogP contribution in [0.15, 0.2) is 57.7 Å². The number of carbonyl (C=O) groups excluding carboxylic acids is 1. The second-order valence-corrected chi connectivity index (χ2v) is 6.77. The van der Waals surface area contributed by atoms with E-state index >= 15 is 0 Å². The largest absolute Gasteiger partial charge is 0.461 e. The van der Waals surface area contributed by atoms with Gasteiger partial charge in [0.2, 0.25) is 11.7 Å². The van der Waals surface area contributed by atoms with Crippen LogP contribution in [0.25, 0.3) is 11.5 Å². The van der Waals surface area contributed by atoms with Crippen molar-refractivity contribution < 1.29 is 18.1 Å². The molecule has 7 nitrogen and oxygen atoms in total. The lowest BCUT2D eigenvalue weighted by molar-refractivity contribution is -0.117. The Kier molecular flexibility index (Phi) is 5.50. The second-order valence-electron chi connectivity index (χ2n) is 6.77. The Morgan fingerprint density at radius 3 is 2.64 bits per heavy atom. The average Bonchev–Trinajstić information content (AvgIpc) is 3.35. The van der Waals surface area contributed by atoms with Gasteiger partial charge in [-0.05, 0) is 30.3 Å². The van der Waals surface area contributed by atoms with Gasteiger partial charge in [0.05, 0.1) is 18.5 Å². The van der Waals surface area contributed by atoms with Gasteiger partial charge in [0.15, 0.2) is 5.76 Å². The minimum atomic E-state index is -0.366. The molecule has 146 valence electrons. The molecule has 1 N–H and O–H groups in total. The highest BCUT2D eigenvalue weighted by molar-refractivity contribution is 5.92. The third-order valence-electron chi connectivity index (χ3n) is 4.65. The fourth-order valence-corrected chi connectivity index (χ4v) is 3.23. The number of carbonyl (C=O) groups is 1. The van der Waals surface area contributed by atoms with Gasteiger partial charge in [-0.3, -0.25) is 14.6 Å². The zero-order valence-electron chi connectivity index (χ0n) is 15.3. The molecule has 1 amide bonds. The highest BCUT2D eigenvalue weighted by atomic mass is 19.1.